The third kappa shape index (κ3) is 6.91. The Kier molecular flexibility index (Phi) is 8.94. The van der Waals surface area contributed by atoms with Crippen LogP contribution in [0, 0.1) is 0 Å². The molecule has 10 heteroatoms. The average Bonchev–Trinajstić information content (AvgIpc) is 2.84. The molecule has 1 aromatic heterocycles. The van der Waals surface area contributed by atoms with Crippen LogP contribution in [0.5, 0.6) is 11.5 Å². The molecule has 0 saturated carbocycles. The molecule has 0 aliphatic heterocycles. The summed E-state index contributed by atoms with van der Waals surface area (Å²) in [4.78, 5) is 16.6. The normalized spacial score (nSPS) is 11.1. The Morgan fingerprint density at radius 2 is 1.74 bits per heavy atom. The molecular formula is C25H17Br4N3O3. The molecule has 1 N–H and O–H groups in total. The van der Waals surface area contributed by atoms with Gasteiger partial charge in [-0.3, -0.25) is 9.78 Å². The highest BCUT2D eigenvalue weighted by Crippen LogP contribution is 2.37. The summed E-state index contributed by atoms with van der Waals surface area (Å²) in [6, 6.07) is 19.0. The zero-order valence-corrected chi connectivity index (χ0v) is 24.3. The number of fused-ring (bicyclic) bond motifs is 1. The minimum atomic E-state index is -0.389. The van der Waals surface area contributed by atoms with Crippen LogP contribution in [0.4, 0.5) is 0 Å². The fourth-order valence-electron chi connectivity index (χ4n) is 3.08. The van der Waals surface area contributed by atoms with Crippen LogP contribution in [0.2, 0.25) is 0 Å². The summed E-state index contributed by atoms with van der Waals surface area (Å²) in [7, 11) is 0. The number of pyridine rings is 1. The van der Waals surface area contributed by atoms with Crippen LogP contribution in [0.15, 0.2) is 89.9 Å². The predicted octanol–water partition coefficient (Wildman–Crippen LogP) is 7.39. The highest BCUT2D eigenvalue weighted by molar-refractivity contribution is 9.11. The molecule has 0 unspecified atom stereocenters. The van der Waals surface area contributed by atoms with Gasteiger partial charge < -0.3 is 9.47 Å². The molecule has 1 heterocycles. The Hall–Kier alpha value is -2.27. The SMILES string of the molecule is O=C(COc1c(Br)cc(Br)c2cccnc12)N/N=C/c1ccc(OCc2ccc(Br)cc2Br)cc1. The van der Waals surface area contributed by atoms with E-state index in [-0.39, 0.29) is 12.5 Å². The minimum absolute atomic E-state index is 0.207. The van der Waals surface area contributed by atoms with Gasteiger partial charge in [0.05, 0.1) is 10.7 Å². The summed E-state index contributed by atoms with van der Waals surface area (Å²) < 4.78 is 15.1. The quantitative estimate of drug-likeness (QED) is 0.152. The Morgan fingerprint density at radius 3 is 2.51 bits per heavy atom. The third-order valence-corrected chi connectivity index (χ3v) is 7.27. The van der Waals surface area contributed by atoms with Crippen molar-refractivity contribution in [2.45, 2.75) is 6.61 Å². The van der Waals surface area contributed by atoms with Crippen molar-refractivity contribution in [2.75, 3.05) is 6.61 Å². The van der Waals surface area contributed by atoms with Crippen molar-refractivity contribution in [1.82, 2.24) is 10.4 Å². The summed E-state index contributed by atoms with van der Waals surface area (Å²) in [5, 5.41) is 4.89. The minimum Gasteiger partial charge on any atom is -0.489 e. The molecule has 4 aromatic rings. The van der Waals surface area contributed by atoms with Gasteiger partial charge in [-0.1, -0.05) is 59.9 Å². The number of hydrogen-bond donors (Lipinski definition) is 1. The van der Waals surface area contributed by atoms with Gasteiger partial charge in [-0.25, -0.2) is 5.43 Å². The van der Waals surface area contributed by atoms with Gasteiger partial charge in [0.25, 0.3) is 5.91 Å². The molecule has 178 valence electrons. The van der Waals surface area contributed by atoms with E-state index in [1.807, 2.05) is 60.7 Å². The molecule has 0 fully saturated rings. The fourth-order valence-corrected chi connectivity index (χ4v) is 5.63. The monoisotopic (exact) mass is 723 g/mol. The number of nitrogens with one attached hydrogen (secondary N) is 1. The highest BCUT2D eigenvalue weighted by Gasteiger charge is 2.13. The van der Waals surface area contributed by atoms with E-state index in [1.165, 1.54) is 0 Å². The van der Waals surface area contributed by atoms with Crippen molar-refractivity contribution >= 4 is 86.7 Å². The Labute approximate surface area is 235 Å². The van der Waals surface area contributed by atoms with Crippen LogP contribution < -0.4 is 14.9 Å². The van der Waals surface area contributed by atoms with Crippen molar-refractivity contribution in [2.24, 2.45) is 5.10 Å². The van der Waals surface area contributed by atoms with Crippen molar-refractivity contribution in [3.8, 4) is 11.5 Å². The fraction of sp³-hybridized carbons (Fsp3) is 0.0800. The number of rotatable bonds is 8. The number of ether oxygens (including phenoxy) is 2. The molecule has 0 bridgehead atoms. The Balaban J connectivity index is 1.29. The maximum atomic E-state index is 12.2. The van der Waals surface area contributed by atoms with Gasteiger partial charge in [-0.05, 0) is 70.0 Å². The molecule has 0 radical (unpaired) electrons. The lowest BCUT2D eigenvalue weighted by molar-refractivity contribution is -0.123. The van der Waals surface area contributed by atoms with E-state index in [0.717, 1.165) is 35.7 Å². The molecule has 0 spiro atoms. The van der Waals surface area contributed by atoms with Crippen LogP contribution >= 0.6 is 63.7 Å². The van der Waals surface area contributed by atoms with Crippen LogP contribution in [0.1, 0.15) is 11.1 Å². The first kappa shape index (κ1) is 25.8. The van der Waals surface area contributed by atoms with Gasteiger partial charge in [0.15, 0.2) is 12.4 Å². The second-order valence-electron chi connectivity index (χ2n) is 7.24. The van der Waals surface area contributed by atoms with E-state index in [2.05, 4.69) is 79.2 Å². The number of hydrogen-bond acceptors (Lipinski definition) is 5. The second-order valence-corrected chi connectivity index (χ2v) is 10.7. The van der Waals surface area contributed by atoms with Gasteiger partial charge in [-0.2, -0.15) is 5.10 Å². The van der Waals surface area contributed by atoms with E-state index < -0.39 is 0 Å². The van der Waals surface area contributed by atoms with Crippen LogP contribution in [0.25, 0.3) is 10.9 Å². The van der Waals surface area contributed by atoms with Crippen molar-refractivity contribution in [3.63, 3.8) is 0 Å². The number of carbonyl (C=O) groups excluding carboxylic acids is 1. The van der Waals surface area contributed by atoms with Crippen molar-refractivity contribution < 1.29 is 14.3 Å². The number of carbonyl (C=O) groups is 1. The molecule has 1 amide bonds. The molecule has 4 rings (SSSR count). The molecule has 35 heavy (non-hydrogen) atoms. The smallest absolute Gasteiger partial charge is 0.277 e. The van der Waals surface area contributed by atoms with Gasteiger partial charge in [-0.15, -0.1) is 0 Å². The van der Waals surface area contributed by atoms with Crippen LogP contribution in [0.3, 0.4) is 0 Å². The highest BCUT2D eigenvalue weighted by atomic mass is 79.9. The van der Waals surface area contributed by atoms with Gasteiger partial charge in [0.2, 0.25) is 0 Å². The molecule has 6 nitrogen and oxygen atoms in total. The molecule has 3 aromatic carbocycles. The van der Waals surface area contributed by atoms with E-state index in [9.17, 15) is 4.79 Å². The topological polar surface area (TPSA) is 72.8 Å². The van der Waals surface area contributed by atoms with Crippen LogP contribution in [-0.2, 0) is 11.4 Å². The summed E-state index contributed by atoms with van der Waals surface area (Å²) in [6.07, 6.45) is 3.23. The maximum Gasteiger partial charge on any atom is 0.277 e. The maximum absolute atomic E-state index is 12.2. The van der Waals surface area contributed by atoms with Gasteiger partial charge >= 0.3 is 0 Å². The van der Waals surface area contributed by atoms with E-state index in [0.29, 0.717) is 22.3 Å². The molecule has 0 aliphatic rings. The standard InChI is InChI=1S/C25H17Br4N3O3/c26-17-6-5-16(20(27)10-17)13-34-18-7-3-15(4-8-18)12-31-32-23(33)14-35-25-22(29)11-21(28)19-2-1-9-30-24(19)25/h1-12H,13-14H2,(H,32,33)/b31-12+. The summed E-state index contributed by atoms with van der Waals surface area (Å²) >= 11 is 14.0. The van der Waals surface area contributed by atoms with Crippen molar-refractivity contribution in [1.29, 1.82) is 0 Å². The lowest BCUT2D eigenvalue weighted by Gasteiger charge is -2.11. The number of amides is 1. The first-order valence-corrected chi connectivity index (χ1v) is 13.4. The van der Waals surface area contributed by atoms with Crippen LogP contribution in [-0.4, -0.2) is 23.7 Å². The number of benzene rings is 3. The van der Waals surface area contributed by atoms with E-state index >= 15 is 0 Å². The zero-order valence-electron chi connectivity index (χ0n) is 18.0. The average molecular weight is 727 g/mol. The zero-order chi connectivity index (χ0) is 24.8. The largest absolute Gasteiger partial charge is 0.489 e. The molecule has 0 atom stereocenters. The molecule has 0 saturated heterocycles. The Morgan fingerprint density at radius 1 is 0.943 bits per heavy atom. The summed E-state index contributed by atoms with van der Waals surface area (Å²) in [6.45, 7) is 0.234. The first-order valence-electron chi connectivity index (χ1n) is 10.2. The predicted molar refractivity (Wildman–Crippen MR) is 151 cm³/mol. The summed E-state index contributed by atoms with van der Waals surface area (Å²) in [5.41, 5.74) is 4.98. The lowest BCUT2D eigenvalue weighted by Crippen LogP contribution is -2.24. The molecule has 0 aliphatic carbocycles. The van der Waals surface area contributed by atoms with E-state index in [4.69, 9.17) is 9.47 Å². The summed E-state index contributed by atoms with van der Waals surface area (Å²) in [5.74, 6) is 0.837. The number of halogens is 4. The number of hydrazone groups is 1. The van der Waals surface area contributed by atoms with Gasteiger partial charge in [0.1, 0.15) is 17.9 Å². The number of nitrogens with zero attached hydrogens (tertiary/aromatic N) is 2. The second kappa shape index (κ2) is 12.1. The van der Waals surface area contributed by atoms with Crippen molar-refractivity contribution in [3.05, 3.63) is 95.9 Å². The molecular weight excluding hydrogens is 710 g/mol. The number of aromatic nitrogens is 1. The first-order chi connectivity index (χ1) is 16.9. The third-order valence-electron chi connectivity index (χ3n) is 4.79. The van der Waals surface area contributed by atoms with Gasteiger partial charge in [0, 0.05) is 30.6 Å². The lowest BCUT2D eigenvalue weighted by atomic mass is 10.2. The Bertz CT molecular complexity index is 1400. The van der Waals surface area contributed by atoms with E-state index in [1.54, 1.807) is 12.4 Å².